The Morgan fingerprint density at radius 3 is 2.67 bits per heavy atom. The van der Waals surface area contributed by atoms with Crippen LogP contribution in [0.2, 0.25) is 0 Å². The summed E-state index contributed by atoms with van der Waals surface area (Å²) in [5, 5.41) is 0. The Kier molecular flexibility index (Phi) is 4.31. The molecule has 5 nitrogen and oxygen atoms in total. The van der Waals surface area contributed by atoms with Crippen LogP contribution in [0.4, 0.5) is 0 Å². The van der Waals surface area contributed by atoms with E-state index in [1.54, 1.807) is 4.31 Å². The molecule has 1 unspecified atom stereocenters. The average Bonchev–Trinajstić information content (AvgIpc) is 3.09. The number of ether oxygens (including phenoxy) is 1. The van der Waals surface area contributed by atoms with Crippen LogP contribution in [0.1, 0.15) is 17.9 Å². The molecule has 2 saturated heterocycles. The molecule has 3 atom stereocenters. The lowest BCUT2D eigenvalue weighted by Gasteiger charge is -2.18. The quantitative estimate of drug-likeness (QED) is 0.892. The summed E-state index contributed by atoms with van der Waals surface area (Å²) in [6, 6.07) is 9.79. The van der Waals surface area contributed by atoms with Crippen molar-refractivity contribution in [1.29, 1.82) is 0 Å². The topological polar surface area (TPSA) is 72.6 Å². The second-order valence-electron chi connectivity index (χ2n) is 6.01. The van der Waals surface area contributed by atoms with Crippen LogP contribution in [0.5, 0.6) is 0 Å². The Hall–Kier alpha value is -0.950. The minimum atomic E-state index is -3.24. The number of hydrogen-bond acceptors (Lipinski definition) is 4. The molecule has 3 rings (SSSR count). The third kappa shape index (κ3) is 3.29. The molecule has 1 aromatic carbocycles. The van der Waals surface area contributed by atoms with Crippen molar-refractivity contribution in [3.8, 4) is 0 Å². The summed E-state index contributed by atoms with van der Waals surface area (Å²) in [7, 11) is -3.24. The van der Waals surface area contributed by atoms with Crippen LogP contribution < -0.4 is 5.73 Å². The fourth-order valence-corrected chi connectivity index (χ4v) is 5.05. The summed E-state index contributed by atoms with van der Waals surface area (Å²) in [4.78, 5) is 0. The Morgan fingerprint density at radius 2 is 2.00 bits per heavy atom. The van der Waals surface area contributed by atoms with Gasteiger partial charge >= 0.3 is 0 Å². The summed E-state index contributed by atoms with van der Waals surface area (Å²) < 4.78 is 31.9. The molecule has 6 heteroatoms. The van der Waals surface area contributed by atoms with Crippen molar-refractivity contribution >= 4 is 10.0 Å². The number of hydrogen-bond donors (Lipinski definition) is 1. The monoisotopic (exact) mass is 310 g/mol. The van der Waals surface area contributed by atoms with Gasteiger partial charge in [-0.2, -0.15) is 4.31 Å². The maximum Gasteiger partial charge on any atom is 0.214 e. The highest BCUT2D eigenvalue weighted by molar-refractivity contribution is 7.89. The minimum absolute atomic E-state index is 0.0841. The summed E-state index contributed by atoms with van der Waals surface area (Å²) in [6.45, 7) is 2.13. The van der Waals surface area contributed by atoms with Gasteiger partial charge in [0.05, 0.1) is 12.4 Å². The molecule has 21 heavy (non-hydrogen) atoms. The molecule has 2 fully saturated rings. The van der Waals surface area contributed by atoms with Gasteiger partial charge in [0.2, 0.25) is 10.0 Å². The molecule has 116 valence electrons. The number of benzene rings is 1. The van der Waals surface area contributed by atoms with Crippen molar-refractivity contribution in [3.63, 3.8) is 0 Å². The average molecular weight is 310 g/mol. The molecule has 0 aliphatic carbocycles. The minimum Gasteiger partial charge on any atom is -0.381 e. The van der Waals surface area contributed by atoms with Gasteiger partial charge in [-0.1, -0.05) is 30.3 Å². The lowest BCUT2D eigenvalue weighted by Crippen LogP contribution is -2.35. The highest BCUT2D eigenvalue weighted by Crippen LogP contribution is 2.29. The Morgan fingerprint density at radius 1 is 1.24 bits per heavy atom. The normalized spacial score (nSPS) is 30.8. The molecule has 2 heterocycles. The molecule has 1 aromatic rings. The Bertz CT molecular complexity index is 570. The van der Waals surface area contributed by atoms with Gasteiger partial charge in [0, 0.05) is 31.7 Å². The summed E-state index contributed by atoms with van der Waals surface area (Å²) >= 11 is 0. The zero-order valence-corrected chi connectivity index (χ0v) is 12.8. The molecule has 0 bridgehead atoms. The summed E-state index contributed by atoms with van der Waals surface area (Å²) in [5.74, 6) is 0.393. The van der Waals surface area contributed by atoms with Crippen LogP contribution in [0.25, 0.3) is 0 Å². The van der Waals surface area contributed by atoms with Gasteiger partial charge in [-0.3, -0.25) is 0 Å². The summed E-state index contributed by atoms with van der Waals surface area (Å²) in [5.41, 5.74) is 7.29. The summed E-state index contributed by atoms with van der Waals surface area (Å²) in [6.07, 6.45) is 0.835. The van der Waals surface area contributed by atoms with Crippen molar-refractivity contribution in [2.24, 2.45) is 11.7 Å². The lowest BCUT2D eigenvalue weighted by atomic mass is 9.95. The van der Waals surface area contributed by atoms with Crippen LogP contribution in [0, 0.1) is 5.92 Å². The third-order valence-corrected chi connectivity index (χ3v) is 6.40. The smallest absolute Gasteiger partial charge is 0.214 e. The van der Waals surface area contributed by atoms with E-state index in [0.29, 0.717) is 26.3 Å². The molecular weight excluding hydrogens is 288 g/mol. The van der Waals surface area contributed by atoms with E-state index in [4.69, 9.17) is 10.5 Å². The van der Waals surface area contributed by atoms with Crippen molar-refractivity contribution in [3.05, 3.63) is 35.9 Å². The van der Waals surface area contributed by atoms with E-state index in [2.05, 4.69) is 0 Å². The van der Waals surface area contributed by atoms with Crippen LogP contribution in [-0.2, 0) is 14.8 Å². The van der Waals surface area contributed by atoms with Gasteiger partial charge in [-0.25, -0.2) is 8.42 Å². The largest absolute Gasteiger partial charge is 0.381 e. The first-order valence-electron chi connectivity index (χ1n) is 7.42. The van der Waals surface area contributed by atoms with Gasteiger partial charge in [0.15, 0.2) is 0 Å². The van der Waals surface area contributed by atoms with Crippen molar-refractivity contribution in [2.45, 2.75) is 18.4 Å². The highest BCUT2D eigenvalue weighted by Gasteiger charge is 2.38. The SMILES string of the molecule is N[C@@H]1CN(S(=O)(=O)CC2CCOC2)C[C@H]1c1ccccc1. The van der Waals surface area contributed by atoms with Gasteiger partial charge in [-0.15, -0.1) is 0 Å². The molecule has 0 aromatic heterocycles. The first-order chi connectivity index (χ1) is 10.1. The number of nitrogens with zero attached hydrogens (tertiary/aromatic N) is 1. The van der Waals surface area contributed by atoms with Crippen LogP contribution in [0.15, 0.2) is 30.3 Å². The molecule has 0 amide bonds. The van der Waals surface area contributed by atoms with E-state index < -0.39 is 10.0 Å². The predicted molar refractivity (Wildman–Crippen MR) is 81.4 cm³/mol. The second-order valence-corrected chi connectivity index (χ2v) is 8.02. The fraction of sp³-hybridized carbons (Fsp3) is 0.600. The van der Waals surface area contributed by atoms with Crippen molar-refractivity contribution in [1.82, 2.24) is 4.31 Å². The van der Waals surface area contributed by atoms with Crippen LogP contribution in [-0.4, -0.2) is 50.8 Å². The van der Waals surface area contributed by atoms with E-state index in [1.807, 2.05) is 30.3 Å². The van der Waals surface area contributed by atoms with E-state index >= 15 is 0 Å². The molecule has 2 N–H and O–H groups in total. The number of rotatable bonds is 4. The molecule has 2 aliphatic heterocycles. The maximum absolute atomic E-state index is 12.5. The van der Waals surface area contributed by atoms with Crippen molar-refractivity contribution < 1.29 is 13.2 Å². The fourth-order valence-electron chi connectivity index (χ4n) is 3.19. The lowest BCUT2D eigenvalue weighted by molar-refractivity contribution is 0.188. The maximum atomic E-state index is 12.5. The Balaban J connectivity index is 1.70. The van der Waals surface area contributed by atoms with E-state index in [9.17, 15) is 8.42 Å². The molecule has 0 saturated carbocycles. The second kappa shape index (κ2) is 6.04. The molecule has 2 aliphatic rings. The number of nitrogens with two attached hydrogens (primary N) is 1. The zero-order chi connectivity index (χ0) is 14.9. The molecule has 0 spiro atoms. The Labute approximate surface area is 126 Å². The first-order valence-corrected chi connectivity index (χ1v) is 9.03. The number of sulfonamides is 1. The van der Waals surface area contributed by atoms with E-state index in [1.165, 1.54) is 0 Å². The standard InChI is InChI=1S/C15H22N2O3S/c16-15-9-17(8-14(15)13-4-2-1-3-5-13)21(18,19)11-12-6-7-20-10-12/h1-5,12,14-15H,6-11,16H2/t12?,14-,15+/m0/s1. The molecular formula is C15H22N2O3S. The van der Waals surface area contributed by atoms with Gasteiger partial charge < -0.3 is 10.5 Å². The van der Waals surface area contributed by atoms with Gasteiger partial charge in [-0.05, 0) is 17.9 Å². The highest BCUT2D eigenvalue weighted by atomic mass is 32.2. The zero-order valence-electron chi connectivity index (χ0n) is 12.0. The van der Waals surface area contributed by atoms with Gasteiger partial charge in [0.1, 0.15) is 0 Å². The van der Waals surface area contributed by atoms with Crippen molar-refractivity contribution in [2.75, 3.05) is 32.1 Å². The van der Waals surface area contributed by atoms with Crippen LogP contribution in [0.3, 0.4) is 0 Å². The van der Waals surface area contributed by atoms with Crippen LogP contribution >= 0.6 is 0 Å². The first kappa shape index (κ1) is 15.0. The molecule has 0 radical (unpaired) electrons. The third-order valence-electron chi connectivity index (χ3n) is 4.42. The predicted octanol–water partition coefficient (Wildman–Crippen LogP) is 0.779. The van der Waals surface area contributed by atoms with E-state index in [-0.39, 0.29) is 23.6 Å². The van der Waals surface area contributed by atoms with Gasteiger partial charge in [0.25, 0.3) is 0 Å². The van der Waals surface area contributed by atoms with E-state index in [0.717, 1.165) is 12.0 Å².